The summed E-state index contributed by atoms with van der Waals surface area (Å²) >= 11 is 1.55. The second kappa shape index (κ2) is 15.0. The first-order valence-electron chi connectivity index (χ1n) is 12.1. The number of para-hydroxylation sites is 2. The Bertz CT molecular complexity index is 1030. The van der Waals surface area contributed by atoms with Gasteiger partial charge in [0.1, 0.15) is 0 Å². The topological polar surface area (TPSA) is 50.5 Å². The van der Waals surface area contributed by atoms with Gasteiger partial charge >= 0.3 is 33.3 Å². The third kappa shape index (κ3) is 8.49. The monoisotopic (exact) mass is 586 g/mol. The van der Waals surface area contributed by atoms with Crippen molar-refractivity contribution in [2.45, 2.75) is 79.1 Å². The summed E-state index contributed by atoms with van der Waals surface area (Å²) in [7, 11) is 9.53. The minimum atomic E-state index is 0.194. The molecule has 0 aliphatic heterocycles. The summed E-state index contributed by atoms with van der Waals surface area (Å²) in [5.41, 5.74) is 7.12. The van der Waals surface area contributed by atoms with Gasteiger partial charge in [-0.25, -0.2) is 4.98 Å². The van der Waals surface area contributed by atoms with Crippen LogP contribution in [-0.2, 0) is 13.1 Å². The fraction of sp³-hybridized carbons (Fsp3) is 0.429. The molecule has 0 radical (unpaired) electrons. The molecular weight excluding hydrogens is 551 g/mol. The molecule has 4 nitrogen and oxygen atoms in total. The van der Waals surface area contributed by atoms with Crippen LogP contribution in [0.1, 0.15) is 112 Å². The average Bonchev–Trinajstić information content (AvgIpc) is 3.28. The van der Waals surface area contributed by atoms with Crippen LogP contribution in [0.5, 0.6) is 0 Å². The van der Waals surface area contributed by atoms with E-state index in [0.29, 0.717) is 29.5 Å². The molecular formula is C28H36Cl2FeN4S. The molecule has 3 rings (SSSR count). The van der Waals surface area contributed by atoms with E-state index in [9.17, 15) is 0 Å². The van der Waals surface area contributed by atoms with Gasteiger partial charge in [-0.2, -0.15) is 4.37 Å². The van der Waals surface area contributed by atoms with E-state index in [2.05, 4.69) is 101 Å². The normalized spacial score (nSPS) is 12.1. The molecule has 0 amide bonds. The van der Waals surface area contributed by atoms with Crippen molar-refractivity contribution >= 4 is 55.5 Å². The van der Waals surface area contributed by atoms with Crippen LogP contribution in [0.3, 0.4) is 0 Å². The van der Waals surface area contributed by atoms with Gasteiger partial charge in [-0.15, -0.1) is 0 Å². The maximum absolute atomic E-state index is 4.86. The molecule has 0 saturated carbocycles. The van der Waals surface area contributed by atoms with Gasteiger partial charge in [0.15, 0.2) is 10.8 Å². The summed E-state index contributed by atoms with van der Waals surface area (Å²) in [4.78, 5) is 14.3. The molecule has 0 aliphatic carbocycles. The molecule has 3 aromatic rings. The van der Waals surface area contributed by atoms with E-state index >= 15 is 0 Å². The van der Waals surface area contributed by atoms with Gasteiger partial charge in [-0.1, -0.05) is 91.8 Å². The first-order chi connectivity index (χ1) is 17.1. The van der Waals surface area contributed by atoms with Crippen LogP contribution in [0, 0.1) is 0 Å². The Labute approximate surface area is 235 Å². The summed E-state index contributed by atoms with van der Waals surface area (Å²) in [5.74, 6) is 2.24. The molecule has 0 bridgehead atoms. The van der Waals surface area contributed by atoms with Gasteiger partial charge in [0.25, 0.3) is 0 Å². The number of halogens is 2. The summed E-state index contributed by atoms with van der Waals surface area (Å²) in [6, 6.07) is 12.9. The molecule has 8 heteroatoms. The number of nitrogens with zero attached hydrogens (tertiary/aromatic N) is 4. The van der Waals surface area contributed by atoms with Crippen LogP contribution in [0.4, 0.5) is 11.4 Å². The van der Waals surface area contributed by atoms with Crippen molar-refractivity contribution in [3.63, 3.8) is 0 Å². The van der Waals surface area contributed by atoms with Gasteiger partial charge in [0.05, 0.1) is 23.8 Å². The van der Waals surface area contributed by atoms with Crippen molar-refractivity contribution in [3.8, 4) is 0 Å². The molecule has 36 heavy (non-hydrogen) atoms. The second-order valence-corrected chi connectivity index (χ2v) is 12.4. The molecule has 0 saturated heterocycles. The Kier molecular flexibility index (Phi) is 12.8. The third-order valence-corrected chi connectivity index (χ3v) is 6.42. The molecule has 0 spiro atoms. The van der Waals surface area contributed by atoms with Crippen molar-refractivity contribution in [1.82, 2.24) is 9.36 Å². The van der Waals surface area contributed by atoms with Crippen molar-refractivity contribution in [2.24, 2.45) is 9.98 Å². The van der Waals surface area contributed by atoms with Gasteiger partial charge in [0, 0.05) is 0 Å². The van der Waals surface area contributed by atoms with Gasteiger partial charge < -0.3 is 0 Å². The van der Waals surface area contributed by atoms with Crippen LogP contribution in [0.15, 0.2) is 46.4 Å². The van der Waals surface area contributed by atoms with Crippen molar-refractivity contribution < 1.29 is 13.1 Å². The van der Waals surface area contributed by atoms with E-state index in [1.165, 1.54) is 33.8 Å². The molecule has 0 fully saturated rings. The Morgan fingerprint density at radius 3 is 1.42 bits per heavy atom. The fourth-order valence-electron chi connectivity index (χ4n) is 3.92. The van der Waals surface area contributed by atoms with Crippen LogP contribution < -0.4 is 0 Å². The zero-order chi connectivity index (χ0) is 26.8. The number of rotatable bonds is 8. The molecule has 1 heterocycles. The van der Waals surface area contributed by atoms with Crippen LogP contribution >= 0.6 is 31.7 Å². The SMILES string of the molecule is CC(C)c1cccc(C(C)C)c1N=Cc1nsc(C=Nc2c(C(C)C)cccc2C(C)C)n1.[Cl][Fe][Cl]. The summed E-state index contributed by atoms with van der Waals surface area (Å²) in [5, 5.41) is 0.783. The van der Waals surface area contributed by atoms with E-state index in [4.69, 9.17) is 30.2 Å². The van der Waals surface area contributed by atoms with Crippen molar-refractivity contribution in [1.29, 1.82) is 0 Å². The zero-order valence-electron chi connectivity index (χ0n) is 22.2. The Balaban J connectivity index is 0.00000145. The van der Waals surface area contributed by atoms with Crippen molar-refractivity contribution in [3.05, 3.63) is 69.5 Å². The van der Waals surface area contributed by atoms with E-state index in [0.717, 1.165) is 16.4 Å². The quantitative estimate of drug-likeness (QED) is 0.195. The summed E-state index contributed by atoms with van der Waals surface area (Å²) < 4.78 is 4.50. The van der Waals surface area contributed by atoms with Gasteiger partial charge in [-0.3, -0.25) is 9.98 Å². The second-order valence-electron chi connectivity index (χ2n) is 9.75. The van der Waals surface area contributed by atoms with E-state index in [1.807, 2.05) is 6.21 Å². The van der Waals surface area contributed by atoms with E-state index in [-0.39, 0.29) is 13.1 Å². The number of hydrogen-bond donors (Lipinski definition) is 0. The average molecular weight is 587 g/mol. The standard InChI is InChI=1S/C28H36N4S.2ClH.Fe/c1-17(2)21-11-9-12-22(18(3)4)27(21)29-15-25-31-26(33-32-25)16-30-28-23(19(5)6)13-10-14-24(28)20(7)8;;;/h9-20H,1-8H3;2*1H;/q;;;+2/p-2. The molecule has 0 aliphatic rings. The number of aromatic nitrogens is 2. The van der Waals surface area contributed by atoms with E-state index in [1.54, 1.807) is 6.21 Å². The fourth-order valence-corrected chi connectivity index (χ4v) is 4.43. The summed E-state index contributed by atoms with van der Waals surface area (Å²) in [6.45, 7) is 17.6. The minimum absolute atomic E-state index is 0.194. The molecule has 1 aromatic heterocycles. The molecule has 0 atom stereocenters. The van der Waals surface area contributed by atoms with Crippen molar-refractivity contribution in [2.75, 3.05) is 0 Å². The zero-order valence-corrected chi connectivity index (χ0v) is 25.7. The summed E-state index contributed by atoms with van der Waals surface area (Å²) in [6.07, 6.45) is 3.62. The predicted octanol–water partition coefficient (Wildman–Crippen LogP) is 9.91. The third-order valence-electron chi connectivity index (χ3n) is 5.76. The first-order valence-corrected chi connectivity index (χ1v) is 15.9. The van der Waals surface area contributed by atoms with E-state index < -0.39 is 0 Å². The molecule has 2 aromatic carbocycles. The molecule has 196 valence electrons. The Hall–Kier alpha value is -1.56. The molecule has 0 unspecified atom stereocenters. The predicted molar refractivity (Wildman–Crippen MR) is 155 cm³/mol. The first kappa shape index (κ1) is 30.7. The van der Waals surface area contributed by atoms with Crippen LogP contribution in [0.2, 0.25) is 0 Å². The van der Waals surface area contributed by atoms with Crippen LogP contribution in [0.25, 0.3) is 0 Å². The number of benzene rings is 2. The van der Waals surface area contributed by atoms with Gasteiger partial charge in [-0.05, 0) is 57.5 Å². The Morgan fingerprint density at radius 2 is 1.06 bits per heavy atom. The van der Waals surface area contributed by atoms with Crippen LogP contribution in [-0.4, -0.2) is 21.8 Å². The van der Waals surface area contributed by atoms with Gasteiger partial charge in [0.2, 0.25) is 0 Å². The molecule has 0 N–H and O–H groups in total. The number of aliphatic imine (C=N–C) groups is 2. The number of hydrogen-bond acceptors (Lipinski definition) is 5. The Morgan fingerprint density at radius 1 is 0.694 bits per heavy atom. The maximum atomic E-state index is 4.86.